The predicted octanol–water partition coefficient (Wildman–Crippen LogP) is 3.17. The Hall–Kier alpha value is -4.77. The lowest BCUT2D eigenvalue weighted by Crippen LogP contribution is -2.50. The Labute approximate surface area is 239 Å². The minimum atomic E-state index is -4.72. The number of nitrogens with two attached hydrogens (primary N) is 1. The molecule has 3 amide bonds. The van der Waals surface area contributed by atoms with E-state index in [1.807, 2.05) is 0 Å². The highest BCUT2D eigenvalue weighted by Crippen LogP contribution is 2.32. The molecule has 42 heavy (non-hydrogen) atoms. The van der Waals surface area contributed by atoms with E-state index >= 15 is 0 Å². The Bertz CT molecular complexity index is 1450. The molecule has 0 aromatic heterocycles. The molecule has 0 aliphatic rings. The SMILES string of the molecule is C.NC[C@H](NC(=O)c1ccc(C#Cc2ccc(NC(=O)CNCc3ccc(F)cc3C(F)(F)F)cc2)cc1)C(=O)NO. The minimum Gasteiger partial charge on any atom is -0.339 e. The van der Waals surface area contributed by atoms with Crippen LogP contribution in [0.15, 0.2) is 66.7 Å². The van der Waals surface area contributed by atoms with Crippen molar-refractivity contribution in [3.63, 3.8) is 0 Å². The summed E-state index contributed by atoms with van der Waals surface area (Å²) in [5.41, 5.74) is 7.49. The summed E-state index contributed by atoms with van der Waals surface area (Å²) >= 11 is 0. The van der Waals surface area contributed by atoms with Crippen molar-refractivity contribution in [2.24, 2.45) is 5.73 Å². The van der Waals surface area contributed by atoms with Gasteiger partial charge in [0.25, 0.3) is 11.8 Å². The van der Waals surface area contributed by atoms with Crippen molar-refractivity contribution in [1.29, 1.82) is 0 Å². The molecule has 0 spiro atoms. The van der Waals surface area contributed by atoms with Crippen LogP contribution in [0.1, 0.15) is 40.0 Å². The molecule has 3 aromatic carbocycles. The van der Waals surface area contributed by atoms with Gasteiger partial charge in [0.15, 0.2) is 0 Å². The summed E-state index contributed by atoms with van der Waals surface area (Å²) < 4.78 is 52.5. The highest BCUT2D eigenvalue weighted by atomic mass is 19.4. The molecule has 0 radical (unpaired) electrons. The zero-order chi connectivity index (χ0) is 30.0. The van der Waals surface area contributed by atoms with Gasteiger partial charge in [0.05, 0.1) is 12.1 Å². The highest BCUT2D eigenvalue weighted by molar-refractivity contribution is 5.97. The molecule has 222 valence electrons. The van der Waals surface area contributed by atoms with Crippen LogP contribution in [0, 0.1) is 17.7 Å². The fourth-order valence-corrected chi connectivity index (χ4v) is 3.52. The summed E-state index contributed by atoms with van der Waals surface area (Å²) in [6.07, 6.45) is -4.72. The fraction of sp³-hybridized carbons (Fsp3) is 0.207. The van der Waals surface area contributed by atoms with E-state index in [9.17, 15) is 31.9 Å². The number of carbonyl (C=O) groups is 3. The van der Waals surface area contributed by atoms with E-state index in [2.05, 4.69) is 27.8 Å². The zero-order valence-corrected chi connectivity index (χ0v) is 21.3. The Kier molecular flexibility index (Phi) is 12.2. The van der Waals surface area contributed by atoms with E-state index < -0.39 is 41.3 Å². The van der Waals surface area contributed by atoms with Crippen molar-refractivity contribution in [3.8, 4) is 11.8 Å². The van der Waals surface area contributed by atoms with Gasteiger partial charge in [-0.05, 0) is 66.2 Å². The third-order valence-corrected chi connectivity index (χ3v) is 5.61. The maximum absolute atomic E-state index is 13.2. The summed E-state index contributed by atoms with van der Waals surface area (Å²) in [6.45, 7) is -0.756. The number of nitrogens with one attached hydrogen (secondary N) is 4. The number of benzene rings is 3. The number of carbonyl (C=O) groups excluding carboxylic acids is 3. The van der Waals surface area contributed by atoms with Crippen LogP contribution in [0.25, 0.3) is 0 Å². The molecule has 7 N–H and O–H groups in total. The van der Waals surface area contributed by atoms with Crippen LogP contribution in [0.4, 0.5) is 23.2 Å². The maximum atomic E-state index is 13.2. The maximum Gasteiger partial charge on any atom is 0.416 e. The number of hydroxylamine groups is 1. The third kappa shape index (κ3) is 9.70. The number of anilines is 1. The van der Waals surface area contributed by atoms with E-state index in [1.54, 1.807) is 36.4 Å². The van der Waals surface area contributed by atoms with Gasteiger partial charge < -0.3 is 21.7 Å². The molecule has 3 rings (SSSR count). The topological polar surface area (TPSA) is 146 Å². The average molecular weight is 588 g/mol. The molecular weight excluding hydrogens is 558 g/mol. The van der Waals surface area contributed by atoms with Crippen molar-refractivity contribution in [2.75, 3.05) is 18.4 Å². The van der Waals surface area contributed by atoms with E-state index in [-0.39, 0.29) is 38.2 Å². The summed E-state index contributed by atoms with van der Waals surface area (Å²) in [6, 6.07) is 14.0. The smallest absolute Gasteiger partial charge is 0.339 e. The van der Waals surface area contributed by atoms with Crippen LogP contribution in [0.5, 0.6) is 0 Å². The second-order valence-corrected chi connectivity index (χ2v) is 8.59. The first kappa shape index (κ1) is 33.4. The molecule has 0 unspecified atom stereocenters. The van der Waals surface area contributed by atoms with Crippen LogP contribution >= 0.6 is 0 Å². The van der Waals surface area contributed by atoms with Crippen molar-refractivity contribution in [1.82, 2.24) is 16.1 Å². The molecule has 0 aliphatic carbocycles. The molecule has 0 fully saturated rings. The van der Waals surface area contributed by atoms with Gasteiger partial charge in [0.2, 0.25) is 5.91 Å². The van der Waals surface area contributed by atoms with Crippen LogP contribution in [-0.4, -0.2) is 42.1 Å². The second-order valence-electron chi connectivity index (χ2n) is 8.59. The molecule has 0 heterocycles. The number of halogens is 4. The highest BCUT2D eigenvalue weighted by Gasteiger charge is 2.33. The molecule has 13 heteroatoms. The minimum absolute atomic E-state index is 0. The summed E-state index contributed by atoms with van der Waals surface area (Å²) in [5.74, 6) is 2.98. The largest absolute Gasteiger partial charge is 0.416 e. The normalized spacial score (nSPS) is 11.3. The number of alkyl halides is 3. The Morgan fingerprint density at radius 1 is 0.929 bits per heavy atom. The van der Waals surface area contributed by atoms with Gasteiger partial charge in [0, 0.05) is 35.5 Å². The Morgan fingerprint density at radius 3 is 2.07 bits per heavy atom. The standard InChI is InChI=1S/C28H25F4N5O4.CH4/c29-21-10-9-20(23(13-21)28(30,31)32)15-34-16-25(38)35-22-11-5-18(6-12-22)2-1-17-3-7-19(8-4-17)26(39)36-24(14-33)27(40)37-41;/h3-13,24,34,41H,14-16,33H2,(H,35,38)(H,36,39)(H,37,40);1H4/t24-;/m0./s1. The Morgan fingerprint density at radius 2 is 1.52 bits per heavy atom. The first-order chi connectivity index (χ1) is 19.5. The summed E-state index contributed by atoms with van der Waals surface area (Å²) in [7, 11) is 0. The van der Waals surface area contributed by atoms with Crippen molar-refractivity contribution >= 4 is 23.4 Å². The molecule has 0 aliphatic heterocycles. The summed E-state index contributed by atoms with van der Waals surface area (Å²) in [5, 5.41) is 16.3. The molecular formula is C29H29F4N5O4. The lowest BCUT2D eigenvalue weighted by molar-refractivity contribution is -0.138. The molecule has 0 bridgehead atoms. The number of amides is 3. The molecule has 9 nitrogen and oxygen atoms in total. The van der Waals surface area contributed by atoms with Crippen molar-refractivity contribution in [2.45, 2.75) is 26.2 Å². The van der Waals surface area contributed by atoms with Gasteiger partial charge in [-0.25, -0.2) is 9.87 Å². The zero-order valence-electron chi connectivity index (χ0n) is 21.3. The summed E-state index contributed by atoms with van der Waals surface area (Å²) in [4.78, 5) is 35.9. The van der Waals surface area contributed by atoms with E-state index in [4.69, 9.17) is 10.9 Å². The number of rotatable bonds is 9. The first-order valence-electron chi connectivity index (χ1n) is 12.0. The van der Waals surface area contributed by atoms with Crippen molar-refractivity contribution < 1.29 is 37.2 Å². The number of hydrogen-bond acceptors (Lipinski definition) is 6. The molecule has 1 atom stereocenters. The second kappa shape index (κ2) is 15.3. The lowest BCUT2D eigenvalue weighted by atomic mass is 10.1. The van der Waals surface area contributed by atoms with Crippen molar-refractivity contribution in [3.05, 3.63) is 100 Å². The van der Waals surface area contributed by atoms with Gasteiger partial charge in [0.1, 0.15) is 11.9 Å². The Balaban J connectivity index is 0.00000616. The predicted molar refractivity (Wildman–Crippen MR) is 148 cm³/mol. The van der Waals surface area contributed by atoms with Gasteiger partial charge in [-0.15, -0.1) is 0 Å². The lowest BCUT2D eigenvalue weighted by Gasteiger charge is -2.14. The van der Waals surface area contributed by atoms with E-state index in [0.717, 1.165) is 12.1 Å². The van der Waals surface area contributed by atoms with Crippen LogP contribution < -0.4 is 27.2 Å². The molecule has 0 saturated carbocycles. The van der Waals surface area contributed by atoms with Gasteiger partial charge >= 0.3 is 6.18 Å². The van der Waals surface area contributed by atoms with Gasteiger partial charge in [-0.2, -0.15) is 13.2 Å². The first-order valence-corrected chi connectivity index (χ1v) is 12.0. The quantitative estimate of drug-likeness (QED) is 0.0982. The van der Waals surface area contributed by atoms with E-state index in [0.29, 0.717) is 22.9 Å². The van der Waals surface area contributed by atoms with Gasteiger partial charge in [-0.1, -0.05) is 25.3 Å². The van der Waals surface area contributed by atoms with Gasteiger partial charge in [-0.3, -0.25) is 19.6 Å². The van der Waals surface area contributed by atoms with Crippen LogP contribution in [0.3, 0.4) is 0 Å². The third-order valence-electron chi connectivity index (χ3n) is 5.61. The molecule has 0 saturated heterocycles. The fourth-order valence-electron chi connectivity index (χ4n) is 3.52. The number of hydrogen-bond donors (Lipinski definition) is 6. The van der Waals surface area contributed by atoms with E-state index in [1.165, 1.54) is 17.6 Å². The van der Waals surface area contributed by atoms with Crippen LogP contribution in [0.2, 0.25) is 0 Å². The average Bonchev–Trinajstić information content (AvgIpc) is 2.95. The molecule has 3 aromatic rings. The monoisotopic (exact) mass is 587 g/mol. The van der Waals surface area contributed by atoms with Crippen LogP contribution in [-0.2, 0) is 22.3 Å².